The summed E-state index contributed by atoms with van der Waals surface area (Å²) in [5.74, 6) is 1.59. The molecule has 0 aliphatic heterocycles. The minimum atomic E-state index is 0.332. The summed E-state index contributed by atoms with van der Waals surface area (Å²) in [5.41, 5.74) is 7.73. The van der Waals surface area contributed by atoms with Crippen LogP contribution in [0.4, 0.5) is 0 Å². The van der Waals surface area contributed by atoms with E-state index in [0.717, 1.165) is 22.7 Å². The van der Waals surface area contributed by atoms with Crippen LogP contribution in [0.1, 0.15) is 38.2 Å². The third-order valence-corrected chi connectivity index (χ3v) is 4.50. The lowest BCUT2D eigenvalue weighted by molar-refractivity contribution is 0.245. The molecule has 2 heteroatoms. The molecule has 0 radical (unpaired) electrons. The van der Waals surface area contributed by atoms with Crippen molar-refractivity contribution in [3.63, 3.8) is 0 Å². The first-order valence-electron chi connectivity index (χ1n) is 6.65. The van der Waals surface area contributed by atoms with E-state index < -0.39 is 0 Å². The van der Waals surface area contributed by atoms with Crippen LogP contribution >= 0.6 is 15.9 Å². The molecule has 1 saturated carbocycles. The van der Waals surface area contributed by atoms with E-state index in [-0.39, 0.29) is 0 Å². The third kappa shape index (κ3) is 3.82. The molecule has 1 nitrogen and oxygen atoms in total. The second-order valence-corrected chi connectivity index (χ2v) is 6.44. The highest BCUT2D eigenvalue weighted by Gasteiger charge is 2.24. The van der Waals surface area contributed by atoms with Gasteiger partial charge in [-0.15, -0.1) is 0 Å². The molecule has 1 aliphatic carbocycles. The molecular weight excluding hydrogens is 274 g/mol. The summed E-state index contributed by atoms with van der Waals surface area (Å²) in [7, 11) is 0. The molecule has 1 aromatic carbocycles. The lowest BCUT2D eigenvalue weighted by Crippen LogP contribution is -2.35. The summed E-state index contributed by atoms with van der Waals surface area (Å²) in [6.07, 6.45) is 6.41. The molecule has 0 spiro atoms. The monoisotopic (exact) mass is 295 g/mol. The van der Waals surface area contributed by atoms with Crippen LogP contribution in [0.2, 0.25) is 0 Å². The van der Waals surface area contributed by atoms with Crippen molar-refractivity contribution < 1.29 is 0 Å². The fourth-order valence-electron chi connectivity index (χ4n) is 2.93. The Morgan fingerprint density at radius 3 is 2.65 bits per heavy atom. The number of hydrogen-bond acceptors (Lipinski definition) is 1. The van der Waals surface area contributed by atoms with Crippen molar-refractivity contribution in [1.29, 1.82) is 0 Å². The second-order valence-electron chi connectivity index (χ2n) is 5.53. The zero-order chi connectivity index (χ0) is 12.3. The van der Waals surface area contributed by atoms with Crippen molar-refractivity contribution in [2.45, 2.75) is 45.1 Å². The summed E-state index contributed by atoms with van der Waals surface area (Å²) in [6, 6.07) is 8.89. The molecule has 0 aromatic heterocycles. The number of rotatable bonds is 3. The quantitative estimate of drug-likeness (QED) is 0.891. The zero-order valence-electron chi connectivity index (χ0n) is 10.5. The number of nitrogens with two attached hydrogens (primary N) is 1. The van der Waals surface area contributed by atoms with Crippen molar-refractivity contribution in [2.24, 2.45) is 17.6 Å². The Morgan fingerprint density at radius 2 is 2.00 bits per heavy atom. The van der Waals surface area contributed by atoms with Gasteiger partial charge in [0.1, 0.15) is 0 Å². The Hall–Kier alpha value is -0.340. The predicted molar refractivity (Wildman–Crippen MR) is 76.9 cm³/mol. The molecule has 1 fully saturated rings. The summed E-state index contributed by atoms with van der Waals surface area (Å²) < 4.78 is 1.14. The SMILES string of the molecule is CC1CCCC(C(N)Cc2ccc(Br)cc2)C1. The largest absolute Gasteiger partial charge is 0.327 e. The second kappa shape index (κ2) is 6.01. The molecule has 2 rings (SSSR count). The van der Waals surface area contributed by atoms with Crippen molar-refractivity contribution in [3.8, 4) is 0 Å². The van der Waals surface area contributed by atoms with Gasteiger partial charge in [-0.25, -0.2) is 0 Å². The van der Waals surface area contributed by atoms with Gasteiger partial charge in [0.2, 0.25) is 0 Å². The minimum absolute atomic E-state index is 0.332. The van der Waals surface area contributed by atoms with Gasteiger partial charge in [-0.2, -0.15) is 0 Å². The maximum absolute atomic E-state index is 6.37. The van der Waals surface area contributed by atoms with Gasteiger partial charge < -0.3 is 5.73 Å². The lowest BCUT2D eigenvalue weighted by Gasteiger charge is -2.31. The first-order chi connectivity index (χ1) is 8.15. The first kappa shape index (κ1) is 13.1. The predicted octanol–water partition coefficient (Wildman–Crippen LogP) is 4.15. The van der Waals surface area contributed by atoms with Gasteiger partial charge in [0.15, 0.2) is 0 Å². The normalized spacial score (nSPS) is 26.8. The Balaban J connectivity index is 1.91. The maximum atomic E-state index is 6.37. The Kier molecular flexibility index (Phi) is 4.63. The van der Waals surface area contributed by atoms with E-state index in [0.29, 0.717) is 6.04 Å². The standard InChI is InChI=1S/C15H22BrN/c1-11-3-2-4-13(9-11)15(17)10-12-5-7-14(16)8-6-12/h5-8,11,13,15H,2-4,9-10,17H2,1H3. The Morgan fingerprint density at radius 1 is 1.29 bits per heavy atom. The van der Waals surface area contributed by atoms with E-state index in [1.54, 1.807) is 0 Å². The summed E-state index contributed by atoms with van der Waals surface area (Å²) in [6.45, 7) is 2.36. The fraction of sp³-hybridized carbons (Fsp3) is 0.600. The highest BCUT2D eigenvalue weighted by molar-refractivity contribution is 9.10. The molecular formula is C15H22BrN. The molecule has 3 atom stereocenters. The minimum Gasteiger partial charge on any atom is -0.327 e. The summed E-state index contributed by atoms with van der Waals surface area (Å²) in [5, 5.41) is 0. The van der Waals surface area contributed by atoms with Crippen LogP contribution in [0, 0.1) is 11.8 Å². The van der Waals surface area contributed by atoms with E-state index in [1.165, 1.54) is 31.2 Å². The highest BCUT2D eigenvalue weighted by atomic mass is 79.9. The first-order valence-corrected chi connectivity index (χ1v) is 7.44. The van der Waals surface area contributed by atoms with Gasteiger partial charge in [0, 0.05) is 10.5 Å². The number of halogens is 1. The fourth-order valence-corrected chi connectivity index (χ4v) is 3.19. The molecule has 17 heavy (non-hydrogen) atoms. The Bertz CT molecular complexity index is 346. The van der Waals surface area contributed by atoms with Gasteiger partial charge in [-0.05, 0) is 48.8 Å². The van der Waals surface area contributed by atoms with Gasteiger partial charge in [-0.1, -0.05) is 47.8 Å². The van der Waals surface area contributed by atoms with Gasteiger partial charge >= 0.3 is 0 Å². The van der Waals surface area contributed by atoms with Crippen LogP contribution in [0.15, 0.2) is 28.7 Å². The topological polar surface area (TPSA) is 26.0 Å². The van der Waals surface area contributed by atoms with Crippen molar-refractivity contribution in [2.75, 3.05) is 0 Å². The van der Waals surface area contributed by atoms with Gasteiger partial charge in [-0.3, -0.25) is 0 Å². The molecule has 2 N–H and O–H groups in total. The van der Waals surface area contributed by atoms with Crippen molar-refractivity contribution in [3.05, 3.63) is 34.3 Å². The molecule has 0 amide bonds. The number of hydrogen-bond donors (Lipinski definition) is 1. The van der Waals surface area contributed by atoms with E-state index in [2.05, 4.69) is 47.1 Å². The molecule has 0 heterocycles. The molecule has 1 aromatic rings. The van der Waals surface area contributed by atoms with Crippen LogP contribution in [0.3, 0.4) is 0 Å². The zero-order valence-corrected chi connectivity index (χ0v) is 12.1. The smallest absolute Gasteiger partial charge is 0.0175 e. The highest BCUT2D eigenvalue weighted by Crippen LogP contribution is 2.31. The molecule has 94 valence electrons. The lowest BCUT2D eigenvalue weighted by atomic mass is 9.77. The number of benzene rings is 1. The maximum Gasteiger partial charge on any atom is 0.0175 e. The van der Waals surface area contributed by atoms with Crippen LogP contribution in [-0.4, -0.2) is 6.04 Å². The Labute approximate surface area is 113 Å². The van der Waals surface area contributed by atoms with Crippen molar-refractivity contribution >= 4 is 15.9 Å². The average molecular weight is 296 g/mol. The van der Waals surface area contributed by atoms with Gasteiger partial charge in [0.05, 0.1) is 0 Å². The average Bonchev–Trinajstić information content (AvgIpc) is 2.32. The molecule has 0 saturated heterocycles. The van der Waals surface area contributed by atoms with Crippen LogP contribution in [0.25, 0.3) is 0 Å². The summed E-state index contributed by atoms with van der Waals surface area (Å²) >= 11 is 3.46. The van der Waals surface area contributed by atoms with Gasteiger partial charge in [0.25, 0.3) is 0 Å². The summed E-state index contributed by atoms with van der Waals surface area (Å²) in [4.78, 5) is 0. The molecule has 1 aliphatic rings. The van der Waals surface area contributed by atoms with E-state index in [4.69, 9.17) is 5.73 Å². The van der Waals surface area contributed by atoms with E-state index in [1.807, 2.05) is 0 Å². The molecule has 3 unspecified atom stereocenters. The van der Waals surface area contributed by atoms with Crippen LogP contribution in [0.5, 0.6) is 0 Å². The third-order valence-electron chi connectivity index (χ3n) is 3.97. The molecule has 0 bridgehead atoms. The van der Waals surface area contributed by atoms with Crippen LogP contribution < -0.4 is 5.73 Å². The van der Waals surface area contributed by atoms with Crippen molar-refractivity contribution in [1.82, 2.24) is 0 Å². The van der Waals surface area contributed by atoms with E-state index in [9.17, 15) is 0 Å². The van der Waals surface area contributed by atoms with Crippen LogP contribution in [-0.2, 0) is 6.42 Å². The van der Waals surface area contributed by atoms with E-state index >= 15 is 0 Å².